The number of aromatic carboxylic acids is 1. The third-order valence-electron chi connectivity index (χ3n) is 3.92. The van der Waals surface area contributed by atoms with Gasteiger partial charge in [-0.15, -0.1) is 0 Å². The van der Waals surface area contributed by atoms with Crippen LogP contribution in [-0.4, -0.2) is 17.0 Å². The van der Waals surface area contributed by atoms with Gasteiger partial charge in [-0.3, -0.25) is 4.79 Å². The van der Waals surface area contributed by atoms with Crippen molar-refractivity contribution >= 4 is 17.6 Å². The lowest BCUT2D eigenvalue weighted by atomic mass is 10.0. The molecule has 0 spiro atoms. The first-order valence-corrected chi connectivity index (χ1v) is 8.29. The Bertz CT molecular complexity index is 980. The van der Waals surface area contributed by atoms with E-state index >= 15 is 0 Å². The quantitative estimate of drug-likeness (QED) is 0.612. The van der Waals surface area contributed by atoms with Gasteiger partial charge in [0.2, 0.25) is 0 Å². The Morgan fingerprint density at radius 1 is 0.778 bits per heavy atom. The lowest BCUT2D eigenvalue weighted by molar-refractivity contribution is 0.0696. The molecule has 5 heteroatoms. The Balaban J connectivity index is 1.64. The molecule has 3 aromatic rings. The van der Waals surface area contributed by atoms with Crippen molar-refractivity contribution in [3.63, 3.8) is 0 Å². The van der Waals surface area contributed by atoms with Crippen molar-refractivity contribution in [2.45, 2.75) is 0 Å². The molecule has 0 bridgehead atoms. The monoisotopic (exact) mass is 358 g/mol. The van der Waals surface area contributed by atoms with Gasteiger partial charge in [-0.2, -0.15) is 0 Å². The molecule has 1 amide bonds. The van der Waals surface area contributed by atoms with Crippen molar-refractivity contribution in [3.05, 3.63) is 102 Å². The van der Waals surface area contributed by atoms with Gasteiger partial charge in [0.05, 0.1) is 5.56 Å². The number of carboxylic acid groups (broad SMARTS) is 1. The molecule has 0 saturated carbocycles. The van der Waals surface area contributed by atoms with Gasteiger partial charge in [0.1, 0.15) is 5.82 Å². The third kappa shape index (κ3) is 4.61. The van der Waals surface area contributed by atoms with E-state index in [0.717, 1.165) is 11.1 Å². The Morgan fingerprint density at radius 3 is 2.11 bits per heavy atom. The molecule has 3 rings (SSSR count). The van der Waals surface area contributed by atoms with Crippen LogP contribution in [0, 0.1) is 0 Å². The average Bonchev–Trinajstić information content (AvgIpc) is 2.69. The van der Waals surface area contributed by atoms with Crippen molar-refractivity contribution in [3.8, 4) is 11.1 Å². The van der Waals surface area contributed by atoms with Crippen LogP contribution < -0.4 is 10.6 Å². The summed E-state index contributed by atoms with van der Waals surface area (Å²) in [5.41, 5.74) is 3.27. The highest BCUT2D eigenvalue weighted by Gasteiger charge is 2.08. The summed E-state index contributed by atoms with van der Waals surface area (Å²) >= 11 is 0. The fraction of sp³-hybridized carbons (Fsp3) is 0. The normalized spacial score (nSPS) is 10.1. The van der Waals surface area contributed by atoms with Crippen molar-refractivity contribution in [1.29, 1.82) is 0 Å². The number of carbonyl (C=O) groups excluding carboxylic acids is 1. The van der Waals surface area contributed by atoms with Crippen molar-refractivity contribution in [1.82, 2.24) is 5.32 Å². The van der Waals surface area contributed by atoms with Gasteiger partial charge >= 0.3 is 5.97 Å². The number of anilines is 1. The summed E-state index contributed by atoms with van der Waals surface area (Å²) in [5, 5.41) is 14.6. The fourth-order valence-electron chi connectivity index (χ4n) is 2.59. The van der Waals surface area contributed by atoms with Gasteiger partial charge in [-0.25, -0.2) is 4.79 Å². The molecular weight excluding hydrogens is 340 g/mol. The Labute approximate surface area is 157 Å². The van der Waals surface area contributed by atoms with E-state index in [2.05, 4.69) is 17.2 Å². The Kier molecular flexibility index (Phi) is 5.33. The summed E-state index contributed by atoms with van der Waals surface area (Å²) in [6.45, 7) is 3.76. The van der Waals surface area contributed by atoms with Crippen LogP contribution in [0.4, 0.5) is 5.69 Å². The SMILES string of the molecule is C=C(NC(=O)c1ccc(-c2ccccc2)cc1)Nc1cccc(C(=O)O)c1. The molecule has 0 aliphatic rings. The number of hydrogen-bond donors (Lipinski definition) is 3. The zero-order valence-electron chi connectivity index (χ0n) is 14.5. The minimum absolute atomic E-state index is 0.149. The molecule has 0 aromatic heterocycles. The van der Waals surface area contributed by atoms with Crippen LogP contribution in [0.2, 0.25) is 0 Å². The van der Waals surface area contributed by atoms with Crippen molar-refractivity contribution in [2.24, 2.45) is 0 Å². The first-order valence-electron chi connectivity index (χ1n) is 8.29. The summed E-state index contributed by atoms with van der Waals surface area (Å²) in [4.78, 5) is 23.4. The van der Waals surface area contributed by atoms with Crippen molar-refractivity contribution < 1.29 is 14.7 Å². The molecule has 0 atom stereocenters. The van der Waals surface area contributed by atoms with E-state index in [-0.39, 0.29) is 17.3 Å². The van der Waals surface area contributed by atoms with Gasteiger partial charge in [-0.1, -0.05) is 55.1 Å². The second kappa shape index (κ2) is 8.01. The van der Waals surface area contributed by atoms with E-state index in [1.54, 1.807) is 24.3 Å². The fourth-order valence-corrected chi connectivity index (χ4v) is 2.59. The molecule has 0 fully saturated rings. The lowest BCUT2D eigenvalue weighted by Gasteiger charge is -2.12. The number of amides is 1. The maximum absolute atomic E-state index is 12.4. The van der Waals surface area contributed by atoms with E-state index < -0.39 is 5.97 Å². The van der Waals surface area contributed by atoms with Crippen LogP contribution in [0.25, 0.3) is 11.1 Å². The zero-order valence-corrected chi connectivity index (χ0v) is 14.5. The van der Waals surface area contributed by atoms with Gasteiger partial charge in [0.15, 0.2) is 0 Å². The summed E-state index contributed by atoms with van der Waals surface area (Å²) < 4.78 is 0. The average molecular weight is 358 g/mol. The highest BCUT2D eigenvalue weighted by atomic mass is 16.4. The molecule has 0 aliphatic carbocycles. The maximum Gasteiger partial charge on any atom is 0.335 e. The standard InChI is InChI=1S/C22H18N2O3/c1-15(23-20-9-5-8-19(14-20)22(26)27)24-21(25)18-12-10-17(11-13-18)16-6-3-2-4-7-16/h2-14,23H,1H2,(H,24,25)(H,26,27). The minimum Gasteiger partial charge on any atom is -0.478 e. The molecule has 27 heavy (non-hydrogen) atoms. The number of benzene rings is 3. The number of hydrogen-bond acceptors (Lipinski definition) is 3. The summed E-state index contributed by atoms with van der Waals surface area (Å²) in [7, 11) is 0. The van der Waals surface area contributed by atoms with Crippen LogP contribution in [-0.2, 0) is 0 Å². The van der Waals surface area contributed by atoms with Gasteiger partial charge in [0.25, 0.3) is 5.91 Å². The number of carbonyl (C=O) groups is 2. The van der Waals surface area contributed by atoms with Gasteiger partial charge in [-0.05, 0) is 41.5 Å². The predicted molar refractivity (Wildman–Crippen MR) is 106 cm³/mol. The molecule has 0 unspecified atom stereocenters. The first kappa shape index (κ1) is 17.9. The topological polar surface area (TPSA) is 78.4 Å². The lowest BCUT2D eigenvalue weighted by Crippen LogP contribution is -2.26. The van der Waals surface area contributed by atoms with Crippen LogP contribution in [0.3, 0.4) is 0 Å². The van der Waals surface area contributed by atoms with Crippen LogP contribution in [0.15, 0.2) is 91.3 Å². The Morgan fingerprint density at radius 2 is 1.44 bits per heavy atom. The van der Waals surface area contributed by atoms with Crippen LogP contribution in [0.5, 0.6) is 0 Å². The summed E-state index contributed by atoms with van der Waals surface area (Å²) in [6.07, 6.45) is 0. The molecule has 3 aromatic carbocycles. The number of carboxylic acids is 1. The van der Waals surface area contributed by atoms with Crippen molar-refractivity contribution in [2.75, 3.05) is 5.32 Å². The molecule has 3 N–H and O–H groups in total. The third-order valence-corrected chi connectivity index (χ3v) is 3.92. The minimum atomic E-state index is -1.02. The van der Waals surface area contributed by atoms with E-state index in [9.17, 15) is 9.59 Å². The van der Waals surface area contributed by atoms with E-state index in [1.165, 1.54) is 12.1 Å². The largest absolute Gasteiger partial charge is 0.478 e. The number of rotatable bonds is 6. The van der Waals surface area contributed by atoms with E-state index in [1.807, 2.05) is 42.5 Å². The summed E-state index contributed by atoms with van der Waals surface area (Å²) in [6, 6.07) is 23.4. The summed E-state index contributed by atoms with van der Waals surface area (Å²) in [5.74, 6) is -1.07. The Hall–Kier alpha value is -3.86. The van der Waals surface area contributed by atoms with Crippen LogP contribution in [0.1, 0.15) is 20.7 Å². The molecule has 134 valence electrons. The maximum atomic E-state index is 12.4. The molecule has 5 nitrogen and oxygen atoms in total. The smallest absolute Gasteiger partial charge is 0.335 e. The van der Waals surface area contributed by atoms with Gasteiger partial charge in [0, 0.05) is 11.3 Å². The zero-order chi connectivity index (χ0) is 19.2. The second-order valence-corrected chi connectivity index (χ2v) is 5.89. The van der Waals surface area contributed by atoms with E-state index in [4.69, 9.17) is 5.11 Å². The number of nitrogens with one attached hydrogen (secondary N) is 2. The molecule has 0 heterocycles. The predicted octanol–water partition coefficient (Wildman–Crippen LogP) is 4.36. The van der Waals surface area contributed by atoms with Gasteiger partial charge < -0.3 is 15.7 Å². The van der Waals surface area contributed by atoms with Crippen LogP contribution >= 0.6 is 0 Å². The molecule has 0 saturated heterocycles. The highest BCUT2D eigenvalue weighted by molar-refractivity contribution is 5.96. The second-order valence-electron chi connectivity index (χ2n) is 5.89. The first-order chi connectivity index (χ1) is 13.0. The molecule has 0 aliphatic heterocycles. The molecular formula is C22H18N2O3. The van der Waals surface area contributed by atoms with E-state index in [0.29, 0.717) is 11.3 Å². The highest BCUT2D eigenvalue weighted by Crippen LogP contribution is 2.19. The molecule has 0 radical (unpaired) electrons.